The van der Waals surface area contributed by atoms with Crippen molar-refractivity contribution in [2.75, 3.05) is 38.6 Å². The highest BCUT2D eigenvalue weighted by atomic mass is 79.9. The van der Waals surface area contributed by atoms with Gasteiger partial charge in [0.15, 0.2) is 0 Å². The number of nitrogens with zero attached hydrogens (tertiary/aromatic N) is 4. The monoisotopic (exact) mass is 617 g/mol. The lowest BCUT2D eigenvalue weighted by Crippen LogP contribution is -2.38. The number of amides is 1. The first-order valence-electron chi connectivity index (χ1n) is 13.1. The number of likely N-dealkylation sites (tertiary alicyclic amines) is 1. The van der Waals surface area contributed by atoms with Gasteiger partial charge in [-0.2, -0.15) is 9.29 Å². The summed E-state index contributed by atoms with van der Waals surface area (Å²) in [4.78, 5) is 20.0. The molecule has 0 aliphatic carbocycles. The van der Waals surface area contributed by atoms with E-state index in [9.17, 15) is 13.2 Å². The van der Waals surface area contributed by atoms with Crippen molar-refractivity contribution in [2.45, 2.75) is 43.5 Å². The number of hydrogen-bond donors (Lipinski definition) is 1. The summed E-state index contributed by atoms with van der Waals surface area (Å²) in [6.45, 7) is 2.96. The number of rotatable bonds is 8. The third-order valence-electron chi connectivity index (χ3n) is 7.27. The van der Waals surface area contributed by atoms with Gasteiger partial charge in [-0.25, -0.2) is 8.42 Å². The fraction of sp³-hybridized carbons (Fsp3) is 0.444. The molecule has 2 fully saturated rings. The second-order valence-electron chi connectivity index (χ2n) is 9.89. The number of aromatic nitrogens is 2. The van der Waals surface area contributed by atoms with Gasteiger partial charge >= 0.3 is 0 Å². The molecule has 208 valence electrons. The summed E-state index contributed by atoms with van der Waals surface area (Å²) >= 11 is 3.42. The van der Waals surface area contributed by atoms with E-state index in [0.717, 1.165) is 29.3 Å². The maximum Gasteiger partial charge on any atom is 0.243 e. The molecule has 3 aromatic rings. The number of anilines is 1. The van der Waals surface area contributed by atoms with Gasteiger partial charge in [0.1, 0.15) is 5.75 Å². The first-order valence-corrected chi connectivity index (χ1v) is 15.4. The van der Waals surface area contributed by atoms with E-state index < -0.39 is 10.0 Å². The van der Waals surface area contributed by atoms with Crippen LogP contribution in [0.2, 0.25) is 0 Å². The van der Waals surface area contributed by atoms with Gasteiger partial charge in [-0.15, -0.1) is 0 Å². The molecule has 0 bridgehead atoms. The molecule has 0 atom stereocenters. The maximum atomic E-state index is 13.2. The zero-order chi connectivity index (χ0) is 27.4. The van der Waals surface area contributed by atoms with Crippen molar-refractivity contribution in [2.24, 2.45) is 5.92 Å². The lowest BCUT2D eigenvalue weighted by atomic mass is 9.96. The topological polar surface area (TPSA) is 118 Å². The summed E-state index contributed by atoms with van der Waals surface area (Å²) in [7, 11) is -2.13. The van der Waals surface area contributed by atoms with Crippen LogP contribution < -0.4 is 10.1 Å². The number of methoxy groups -OCH3 is 1. The summed E-state index contributed by atoms with van der Waals surface area (Å²) in [5, 5.41) is 7.02. The summed E-state index contributed by atoms with van der Waals surface area (Å²) < 4.78 is 39.7. The number of halogens is 1. The Bertz CT molecular complexity index is 1400. The molecule has 12 heteroatoms. The van der Waals surface area contributed by atoms with Crippen molar-refractivity contribution in [3.05, 3.63) is 52.8 Å². The lowest BCUT2D eigenvalue weighted by molar-refractivity contribution is -0.121. The van der Waals surface area contributed by atoms with E-state index in [1.807, 2.05) is 24.3 Å². The minimum atomic E-state index is -3.63. The van der Waals surface area contributed by atoms with Crippen molar-refractivity contribution in [1.29, 1.82) is 0 Å². The average molecular weight is 619 g/mol. The zero-order valence-corrected chi connectivity index (χ0v) is 24.2. The molecule has 2 aromatic carbocycles. The molecule has 1 N–H and O–H groups in total. The Labute approximate surface area is 236 Å². The zero-order valence-electron chi connectivity index (χ0n) is 21.8. The third kappa shape index (κ3) is 6.51. The van der Waals surface area contributed by atoms with Crippen molar-refractivity contribution >= 4 is 37.5 Å². The fourth-order valence-corrected chi connectivity index (χ4v) is 6.82. The highest BCUT2D eigenvalue weighted by Gasteiger charge is 2.29. The Hall–Kier alpha value is -2.80. The molecular weight excluding hydrogens is 586 g/mol. The highest BCUT2D eigenvalue weighted by molar-refractivity contribution is 9.10. The molecule has 0 radical (unpaired) electrons. The first-order chi connectivity index (χ1) is 18.8. The predicted molar refractivity (Wildman–Crippen MR) is 150 cm³/mol. The molecular formula is C27H32BrN5O5S. The normalized spacial score (nSPS) is 17.7. The minimum absolute atomic E-state index is 0.143. The van der Waals surface area contributed by atoms with Crippen molar-refractivity contribution in [1.82, 2.24) is 19.3 Å². The number of nitrogens with one attached hydrogen (secondary N) is 1. The van der Waals surface area contributed by atoms with Crippen LogP contribution >= 0.6 is 15.9 Å². The number of benzene rings is 2. The number of sulfonamides is 1. The predicted octanol–water partition coefficient (Wildman–Crippen LogP) is 4.53. The average Bonchev–Trinajstić information content (AvgIpc) is 3.42. The minimum Gasteiger partial charge on any atom is -0.495 e. The molecule has 10 nitrogen and oxygen atoms in total. The van der Waals surface area contributed by atoms with Crippen LogP contribution in [-0.2, 0) is 21.4 Å². The van der Waals surface area contributed by atoms with Gasteiger partial charge in [-0.3, -0.25) is 9.69 Å². The van der Waals surface area contributed by atoms with Gasteiger partial charge in [0.25, 0.3) is 0 Å². The Kier molecular flexibility index (Phi) is 8.65. The SMILES string of the molecule is COc1ccc(S(=O)(=O)N2CCCCC2)cc1NC(=O)C1CCN(Cc2nc(-c3ccc(Br)cc3)no2)CC1. The summed E-state index contributed by atoms with van der Waals surface area (Å²) in [5.41, 5.74) is 1.25. The second kappa shape index (κ2) is 12.2. The quantitative estimate of drug-likeness (QED) is 0.392. The van der Waals surface area contributed by atoms with Gasteiger partial charge in [0, 0.05) is 29.0 Å². The van der Waals surface area contributed by atoms with E-state index in [1.165, 1.54) is 23.5 Å². The maximum absolute atomic E-state index is 13.2. The molecule has 1 aromatic heterocycles. The van der Waals surface area contributed by atoms with Crippen LogP contribution in [0.15, 0.2) is 56.4 Å². The Morgan fingerprint density at radius 3 is 2.49 bits per heavy atom. The number of hydrogen-bond acceptors (Lipinski definition) is 8. The lowest BCUT2D eigenvalue weighted by Gasteiger charge is -2.30. The summed E-state index contributed by atoms with van der Waals surface area (Å²) in [6, 6.07) is 12.4. The van der Waals surface area contributed by atoms with Crippen LogP contribution in [0, 0.1) is 5.92 Å². The number of carbonyl (C=O) groups excluding carboxylic acids is 1. The molecule has 1 amide bonds. The van der Waals surface area contributed by atoms with Gasteiger partial charge in [0.05, 0.1) is 24.2 Å². The van der Waals surface area contributed by atoms with E-state index >= 15 is 0 Å². The number of carbonyl (C=O) groups is 1. The van der Waals surface area contributed by atoms with E-state index in [2.05, 4.69) is 36.3 Å². The van der Waals surface area contributed by atoms with Crippen molar-refractivity contribution in [3.63, 3.8) is 0 Å². The Morgan fingerprint density at radius 2 is 1.79 bits per heavy atom. The summed E-state index contributed by atoms with van der Waals surface area (Å²) in [6.07, 6.45) is 4.07. The van der Waals surface area contributed by atoms with Crippen LogP contribution in [0.25, 0.3) is 11.4 Å². The van der Waals surface area contributed by atoms with E-state index in [0.29, 0.717) is 68.7 Å². The molecule has 2 aliphatic rings. The van der Waals surface area contributed by atoms with Gasteiger partial charge in [-0.05, 0) is 81.2 Å². The molecule has 0 saturated carbocycles. The molecule has 2 aliphatic heterocycles. The van der Waals surface area contributed by atoms with Gasteiger partial charge < -0.3 is 14.6 Å². The van der Waals surface area contributed by atoms with Crippen LogP contribution in [0.3, 0.4) is 0 Å². The smallest absolute Gasteiger partial charge is 0.243 e. The van der Waals surface area contributed by atoms with Crippen LogP contribution in [0.5, 0.6) is 5.75 Å². The second-order valence-corrected chi connectivity index (χ2v) is 12.7. The van der Waals surface area contributed by atoms with Crippen molar-refractivity contribution in [3.8, 4) is 17.1 Å². The summed E-state index contributed by atoms with van der Waals surface area (Å²) in [5.74, 6) is 1.17. The largest absolute Gasteiger partial charge is 0.495 e. The van der Waals surface area contributed by atoms with E-state index in [-0.39, 0.29) is 16.7 Å². The molecule has 39 heavy (non-hydrogen) atoms. The third-order valence-corrected chi connectivity index (χ3v) is 9.69. The standard InChI is InChI=1S/C27H32BrN5O5S/c1-37-24-10-9-22(39(35,36)33-13-3-2-4-14-33)17-23(24)29-27(34)20-11-15-32(16-12-20)18-25-30-26(31-38-25)19-5-7-21(28)8-6-19/h5-10,17,20H,2-4,11-16,18H2,1H3,(H,29,34). The molecule has 5 rings (SSSR count). The number of ether oxygens (including phenoxy) is 1. The highest BCUT2D eigenvalue weighted by Crippen LogP contribution is 2.31. The Balaban J connectivity index is 1.18. The van der Waals surface area contributed by atoms with Crippen LogP contribution in [0.1, 0.15) is 38.0 Å². The fourth-order valence-electron chi connectivity index (χ4n) is 5.01. The van der Waals surface area contributed by atoms with Crippen LogP contribution in [-0.4, -0.2) is 67.0 Å². The van der Waals surface area contributed by atoms with Gasteiger partial charge in [-0.1, -0.05) is 27.5 Å². The molecule has 0 unspecified atom stereocenters. The Morgan fingerprint density at radius 1 is 1.08 bits per heavy atom. The number of piperidine rings is 2. The first kappa shape index (κ1) is 27.8. The molecule has 3 heterocycles. The van der Waals surface area contributed by atoms with E-state index in [1.54, 1.807) is 6.07 Å². The molecule has 2 saturated heterocycles. The van der Waals surface area contributed by atoms with E-state index in [4.69, 9.17) is 9.26 Å². The van der Waals surface area contributed by atoms with Crippen LogP contribution in [0.4, 0.5) is 5.69 Å². The van der Waals surface area contributed by atoms with Crippen molar-refractivity contribution < 1.29 is 22.5 Å². The van der Waals surface area contributed by atoms with Gasteiger partial charge in [0.2, 0.25) is 27.6 Å². The molecule has 0 spiro atoms.